The van der Waals surface area contributed by atoms with E-state index in [1.165, 1.54) is 21.9 Å². The molecule has 0 spiro atoms. The fourth-order valence-electron chi connectivity index (χ4n) is 1.80. The Morgan fingerprint density at radius 3 is 2.45 bits per heavy atom. The van der Waals surface area contributed by atoms with Crippen LogP contribution in [0.3, 0.4) is 0 Å². The van der Waals surface area contributed by atoms with Gasteiger partial charge in [-0.3, -0.25) is 9.59 Å². The first kappa shape index (κ1) is 16.1. The predicted molar refractivity (Wildman–Crippen MR) is 76.0 cm³/mol. The number of carbonyl (C=O) groups excluding carboxylic acids is 2. The number of halogens is 1. The number of hydrogen-bond acceptors (Lipinski definition) is 2. The molecule has 1 aromatic carbocycles. The highest BCUT2D eigenvalue weighted by molar-refractivity contribution is 5.96. The summed E-state index contributed by atoms with van der Waals surface area (Å²) < 4.78 is 13.8. The normalized spacial score (nSPS) is 10.2. The molecular formula is C15H21FN2O2. The fourth-order valence-corrected chi connectivity index (χ4v) is 1.80. The van der Waals surface area contributed by atoms with Crippen LogP contribution in [-0.4, -0.2) is 48.8 Å². The number of likely N-dealkylation sites (N-methyl/N-ethyl adjacent to an activating group) is 1. The zero-order valence-electron chi connectivity index (χ0n) is 12.4. The number of benzene rings is 1. The fraction of sp³-hybridized carbons (Fsp3) is 0.467. The molecule has 0 aliphatic carbocycles. The summed E-state index contributed by atoms with van der Waals surface area (Å²) >= 11 is 0. The summed E-state index contributed by atoms with van der Waals surface area (Å²) in [6.45, 7) is 4.09. The van der Waals surface area contributed by atoms with Crippen molar-refractivity contribution in [3.05, 3.63) is 35.1 Å². The molecular weight excluding hydrogens is 259 g/mol. The number of carbonyl (C=O) groups is 2. The summed E-state index contributed by atoms with van der Waals surface area (Å²) in [6.07, 6.45) is 0.708. The Labute approximate surface area is 119 Å². The predicted octanol–water partition coefficient (Wildman–Crippen LogP) is 2.07. The number of aryl methyl sites for hydroxylation is 1. The molecule has 1 aromatic rings. The maximum Gasteiger partial charge on any atom is 0.257 e. The Hall–Kier alpha value is -1.91. The van der Waals surface area contributed by atoms with Gasteiger partial charge in [-0.2, -0.15) is 0 Å². The van der Waals surface area contributed by atoms with Gasteiger partial charge in [0.15, 0.2) is 0 Å². The molecule has 0 saturated carbocycles. The van der Waals surface area contributed by atoms with E-state index in [2.05, 4.69) is 0 Å². The number of hydrogen-bond donors (Lipinski definition) is 0. The molecule has 1 rings (SSSR count). The number of rotatable bonds is 5. The maximum absolute atomic E-state index is 13.8. The second kappa shape index (κ2) is 7.03. The standard InChI is InChI=1S/C15H21FN2O2/c1-5-8-18(10-14(19)17(3)4)15(20)12-9-11(2)6-7-13(12)16/h6-7,9H,5,8,10H2,1-4H3. The van der Waals surface area contributed by atoms with E-state index in [1.54, 1.807) is 27.1 Å². The van der Waals surface area contributed by atoms with Crippen molar-refractivity contribution in [3.8, 4) is 0 Å². The van der Waals surface area contributed by atoms with Crippen LogP contribution in [0.4, 0.5) is 4.39 Å². The lowest BCUT2D eigenvalue weighted by Gasteiger charge is -2.23. The van der Waals surface area contributed by atoms with Crippen LogP contribution in [-0.2, 0) is 4.79 Å². The van der Waals surface area contributed by atoms with Crippen molar-refractivity contribution in [2.24, 2.45) is 0 Å². The molecule has 0 fully saturated rings. The van der Waals surface area contributed by atoms with Crippen molar-refractivity contribution in [1.82, 2.24) is 9.80 Å². The molecule has 0 saturated heterocycles. The minimum Gasteiger partial charge on any atom is -0.347 e. The highest BCUT2D eigenvalue weighted by Crippen LogP contribution is 2.13. The Morgan fingerprint density at radius 2 is 1.90 bits per heavy atom. The number of amides is 2. The third kappa shape index (κ3) is 4.05. The van der Waals surface area contributed by atoms with Gasteiger partial charge in [0.25, 0.3) is 5.91 Å². The zero-order chi connectivity index (χ0) is 15.3. The van der Waals surface area contributed by atoms with Crippen molar-refractivity contribution in [1.29, 1.82) is 0 Å². The molecule has 0 aliphatic rings. The lowest BCUT2D eigenvalue weighted by molar-refractivity contribution is -0.129. The van der Waals surface area contributed by atoms with Crippen LogP contribution in [0, 0.1) is 12.7 Å². The Balaban J connectivity index is 2.99. The van der Waals surface area contributed by atoms with Gasteiger partial charge in [-0.15, -0.1) is 0 Å². The second-order valence-electron chi connectivity index (χ2n) is 5.00. The Morgan fingerprint density at radius 1 is 1.25 bits per heavy atom. The van der Waals surface area contributed by atoms with E-state index in [1.807, 2.05) is 6.92 Å². The molecule has 110 valence electrons. The minimum absolute atomic E-state index is 0.0185. The molecule has 0 aliphatic heterocycles. The van der Waals surface area contributed by atoms with Gasteiger partial charge >= 0.3 is 0 Å². The molecule has 0 N–H and O–H groups in total. The van der Waals surface area contributed by atoms with Crippen LogP contribution in [0.15, 0.2) is 18.2 Å². The van der Waals surface area contributed by atoms with Gasteiger partial charge < -0.3 is 9.80 Å². The van der Waals surface area contributed by atoms with E-state index in [-0.39, 0.29) is 18.0 Å². The molecule has 2 amide bonds. The monoisotopic (exact) mass is 280 g/mol. The van der Waals surface area contributed by atoms with Gasteiger partial charge in [0, 0.05) is 20.6 Å². The summed E-state index contributed by atoms with van der Waals surface area (Å²) in [7, 11) is 3.26. The van der Waals surface area contributed by atoms with E-state index in [0.29, 0.717) is 13.0 Å². The van der Waals surface area contributed by atoms with Crippen molar-refractivity contribution in [2.45, 2.75) is 20.3 Å². The topological polar surface area (TPSA) is 40.6 Å². The van der Waals surface area contributed by atoms with Crippen LogP contribution in [0.5, 0.6) is 0 Å². The van der Waals surface area contributed by atoms with Crippen molar-refractivity contribution < 1.29 is 14.0 Å². The quantitative estimate of drug-likeness (QED) is 0.828. The van der Waals surface area contributed by atoms with E-state index in [4.69, 9.17) is 0 Å². The highest BCUT2D eigenvalue weighted by Gasteiger charge is 2.21. The second-order valence-corrected chi connectivity index (χ2v) is 5.00. The molecule has 4 nitrogen and oxygen atoms in total. The Bertz CT molecular complexity index is 501. The van der Waals surface area contributed by atoms with Gasteiger partial charge in [-0.1, -0.05) is 18.6 Å². The summed E-state index contributed by atoms with van der Waals surface area (Å²) in [6, 6.07) is 4.40. The lowest BCUT2D eigenvalue weighted by atomic mass is 10.1. The van der Waals surface area contributed by atoms with Crippen LogP contribution in [0.1, 0.15) is 29.3 Å². The molecule has 20 heavy (non-hydrogen) atoms. The van der Waals surface area contributed by atoms with Crippen LogP contribution in [0.2, 0.25) is 0 Å². The van der Waals surface area contributed by atoms with Gasteiger partial charge in [-0.25, -0.2) is 4.39 Å². The molecule has 0 radical (unpaired) electrons. The molecule has 0 bridgehead atoms. The minimum atomic E-state index is -0.556. The molecule has 0 heterocycles. The third-order valence-corrected chi connectivity index (χ3v) is 2.96. The third-order valence-electron chi connectivity index (χ3n) is 2.96. The van der Waals surface area contributed by atoms with E-state index < -0.39 is 11.7 Å². The maximum atomic E-state index is 13.8. The number of nitrogens with zero attached hydrogens (tertiary/aromatic N) is 2. The van der Waals surface area contributed by atoms with Crippen molar-refractivity contribution >= 4 is 11.8 Å². The average Bonchev–Trinajstić information content (AvgIpc) is 2.40. The zero-order valence-corrected chi connectivity index (χ0v) is 12.4. The first-order valence-corrected chi connectivity index (χ1v) is 6.62. The van der Waals surface area contributed by atoms with E-state index >= 15 is 0 Å². The Kier molecular flexibility index (Phi) is 5.67. The van der Waals surface area contributed by atoms with Crippen LogP contribution >= 0.6 is 0 Å². The summed E-state index contributed by atoms with van der Waals surface area (Å²) in [4.78, 5) is 26.9. The SMILES string of the molecule is CCCN(CC(=O)N(C)C)C(=O)c1cc(C)ccc1F. The summed E-state index contributed by atoms with van der Waals surface area (Å²) in [5.74, 6) is -1.18. The molecule has 0 aromatic heterocycles. The lowest BCUT2D eigenvalue weighted by Crippen LogP contribution is -2.41. The average molecular weight is 280 g/mol. The van der Waals surface area contributed by atoms with Gasteiger partial charge in [-0.05, 0) is 25.5 Å². The highest BCUT2D eigenvalue weighted by atomic mass is 19.1. The molecule has 0 unspecified atom stereocenters. The first-order valence-electron chi connectivity index (χ1n) is 6.62. The first-order chi connectivity index (χ1) is 9.36. The summed E-state index contributed by atoms with van der Waals surface area (Å²) in [5, 5.41) is 0. The molecule has 5 heteroatoms. The van der Waals surface area contributed by atoms with Gasteiger partial charge in [0.05, 0.1) is 5.56 Å². The van der Waals surface area contributed by atoms with Crippen molar-refractivity contribution in [2.75, 3.05) is 27.2 Å². The van der Waals surface area contributed by atoms with E-state index in [9.17, 15) is 14.0 Å². The van der Waals surface area contributed by atoms with Crippen LogP contribution < -0.4 is 0 Å². The van der Waals surface area contributed by atoms with E-state index in [0.717, 1.165) is 5.56 Å². The largest absolute Gasteiger partial charge is 0.347 e. The van der Waals surface area contributed by atoms with Gasteiger partial charge in [0.1, 0.15) is 12.4 Å². The smallest absolute Gasteiger partial charge is 0.257 e. The molecule has 0 atom stereocenters. The van der Waals surface area contributed by atoms with Crippen molar-refractivity contribution in [3.63, 3.8) is 0 Å². The summed E-state index contributed by atoms with van der Waals surface area (Å²) in [5.41, 5.74) is 0.829. The van der Waals surface area contributed by atoms with Crippen LogP contribution in [0.25, 0.3) is 0 Å². The van der Waals surface area contributed by atoms with Gasteiger partial charge in [0.2, 0.25) is 5.91 Å².